The molecule has 0 radical (unpaired) electrons. The van der Waals surface area contributed by atoms with Crippen molar-refractivity contribution in [2.75, 3.05) is 0 Å². The van der Waals surface area contributed by atoms with Crippen molar-refractivity contribution in [3.8, 4) is 0 Å². The van der Waals surface area contributed by atoms with Gasteiger partial charge in [-0.15, -0.1) is 0 Å². The van der Waals surface area contributed by atoms with E-state index in [-0.39, 0.29) is 0 Å². The van der Waals surface area contributed by atoms with E-state index in [1.54, 1.807) is 0 Å². The van der Waals surface area contributed by atoms with Crippen LogP contribution in [0.3, 0.4) is 0 Å². The van der Waals surface area contributed by atoms with Crippen LogP contribution in [0.2, 0.25) is 0 Å². The van der Waals surface area contributed by atoms with Gasteiger partial charge in [0.15, 0.2) is 0 Å². The molecule has 0 unspecified atom stereocenters. The maximum Gasteiger partial charge on any atom is 0.0638 e. The van der Waals surface area contributed by atoms with Gasteiger partial charge in [-0.1, -0.05) is 13.3 Å². The summed E-state index contributed by atoms with van der Waals surface area (Å²) in [5, 5.41) is 8.06. The predicted octanol–water partition coefficient (Wildman–Crippen LogP) is 2.79. The van der Waals surface area contributed by atoms with Crippen LogP contribution in [0.5, 0.6) is 0 Å². The van der Waals surface area contributed by atoms with Crippen LogP contribution in [0, 0.1) is 12.8 Å². The highest BCUT2D eigenvalue weighted by Gasteiger charge is 2.19. The Morgan fingerprint density at radius 1 is 1.35 bits per heavy atom. The van der Waals surface area contributed by atoms with Crippen molar-refractivity contribution in [1.82, 2.24) is 15.1 Å². The van der Waals surface area contributed by atoms with Gasteiger partial charge < -0.3 is 5.32 Å². The molecular formula is C14H25N3. The highest BCUT2D eigenvalue weighted by molar-refractivity contribution is 5.14. The first-order chi connectivity index (χ1) is 8.19. The largest absolute Gasteiger partial charge is 0.310 e. The minimum Gasteiger partial charge on any atom is -0.310 e. The van der Waals surface area contributed by atoms with Crippen LogP contribution in [0.4, 0.5) is 0 Å². The molecule has 96 valence electrons. The van der Waals surface area contributed by atoms with E-state index >= 15 is 0 Å². The van der Waals surface area contributed by atoms with E-state index in [0.29, 0.717) is 0 Å². The number of hydrogen-bond donors (Lipinski definition) is 1. The number of nitrogens with zero attached hydrogens (tertiary/aromatic N) is 2. The molecule has 17 heavy (non-hydrogen) atoms. The number of aromatic nitrogens is 2. The molecule has 2 rings (SSSR count). The summed E-state index contributed by atoms with van der Waals surface area (Å²) in [7, 11) is 1.99. The van der Waals surface area contributed by atoms with Crippen LogP contribution >= 0.6 is 0 Å². The summed E-state index contributed by atoms with van der Waals surface area (Å²) < 4.78 is 1.90. The van der Waals surface area contributed by atoms with Crippen LogP contribution < -0.4 is 5.32 Å². The quantitative estimate of drug-likeness (QED) is 0.869. The number of rotatable bonds is 4. The molecule has 1 aromatic rings. The zero-order chi connectivity index (χ0) is 12.3. The van der Waals surface area contributed by atoms with Crippen LogP contribution in [0.25, 0.3) is 0 Å². The molecule has 0 aliphatic heterocycles. The Morgan fingerprint density at radius 3 is 2.59 bits per heavy atom. The Hall–Kier alpha value is -0.830. The fraction of sp³-hybridized carbons (Fsp3) is 0.786. The summed E-state index contributed by atoms with van der Waals surface area (Å²) in [6.07, 6.45) is 8.98. The molecule has 0 saturated heterocycles. The predicted molar refractivity (Wildman–Crippen MR) is 70.8 cm³/mol. The molecule has 1 saturated carbocycles. The van der Waals surface area contributed by atoms with Crippen molar-refractivity contribution in [1.29, 1.82) is 0 Å². The number of aryl methyl sites for hydroxylation is 2. The van der Waals surface area contributed by atoms with Crippen molar-refractivity contribution in [2.45, 2.75) is 58.5 Å². The summed E-state index contributed by atoms with van der Waals surface area (Å²) >= 11 is 0. The minimum atomic E-state index is 0.720. The van der Waals surface area contributed by atoms with E-state index in [1.807, 2.05) is 11.7 Å². The zero-order valence-electron chi connectivity index (χ0n) is 11.4. The molecule has 1 heterocycles. The molecule has 1 N–H and O–H groups in total. The molecule has 0 bridgehead atoms. The second kappa shape index (κ2) is 5.67. The Balaban J connectivity index is 1.77. The zero-order valence-corrected chi connectivity index (χ0v) is 11.4. The van der Waals surface area contributed by atoms with Gasteiger partial charge in [0.25, 0.3) is 0 Å². The average molecular weight is 235 g/mol. The molecular weight excluding hydrogens is 210 g/mol. The first kappa shape index (κ1) is 12.6. The van der Waals surface area contributed by atoms with Crippen molar-refractivity contribution in [2.24, 2.45) is 13.0 Å². The molecule has 1 aliphatic rings. The lowest BCUT2D eigenvalue weighted by Crippen LogP contribution is -2.32. The maximum atomic E-state index is 4.38. The summed E-state index contributed by atoms with van der Waals surface area (Å²) in [4.78, 5) is 0. The van der Waals surface area contributed by atoms with E-state index < -0.39 is 0 Å². The Kier molecular flexibility index (Phi) is 4.21. The lowest BCUT2D eigenvalue weighted by Gasteiger charge is -2.28. The Labute approximate surface area is 105 Å². The summed E-state index contributed by atoms with van der Waals surface area (Å²) in [5.41, 5.74) is 2.49. The van der Waals surface area contributed by atoms with Crippen molar-refractivity contribution < 1.29 is 0 Å². The lowest BCUT2D eigenvalue weighted by molar-refractivity contribution is 0.285. The summed E-state index contributed by atoms with van der Waals surface area (Å²) in [6.45, 7) is 5.38. The van der Waals surface area contributed by atoms with E-state index in [4.69, 9.17) is 0 Å². The van der Waals surface area contributed by atoms with E-state index in [9.17, 15) is 0 Å². The Morgan fingerprint density at radius 2 is 2.06 bits per heavy atom. The van der Waals surface area contributed by atoms with Crippen LogP contribution in [0.1, 0.15) is 50.3 Å². The highest BCUT2D eigenvalue weighted by atomic mass is 15.2. The van der Waals surface area contributed by atoms with Gasteiger partial charge in [-0.3, -0.25) is 4.68 Å². The maximum absolute atomic E-state index is 4.38. The molecule has 0 spiro atoms. The van der Waals surface area contributed by atoms with Gasteiger partial charge >= 0.3 is 0 Å². The van der Waals surface area contributed by atoms with Crippen molar-refractivity contribution >= 4 is 0 Å². The third-order valence-corrected chi connectivity index (χ3v) is 4.12. The molecule has 3 heteroatoms. The number of hydrogen-bond acceptors (Lipinski definition) is 2. The SMILES string of the molecule is CCC1CCC(NCc2cn(C)nc2C)CC1. The molecule has 1 aliphatic carbocycles. The molecule has 0 amide bonds. The average Bonchev–Trinajstić information content (AvgIpc) is 2.66. The van der Waals surface area contributed by atoms with Gasteiger partial charge in [-0.2, -0.15) is 5.10 Å². The van der Waals surface area contributed by atoms with Crippen LogP contribution in [-0.2, 0) is 13.6 Å². The van der Waals surface area contributed by atoms with Gasteiger partial charge in [-0.05, 0) is 38.5 Å². The van der Waals surface area contributed by atoms with Gasteiger partial charge in [0.2, 0.25) is 0 Å². The molecule has 3 nitrogen and oxygen atoms in total. The summed E-state index contributed by atoms with van der Waals surface area (Å²) in [6, 6.07) is 0.720. The fourth-order valence-electron chi connectivity index (χ4n) is 2.85. The topological polar surface area (TPSA) is 29.9 Å². The lowest BCUT2D eigenvalue weighted by atomic mass is 9.84. The summed E-state index contributed by atoms with van der Waals surface area (Å²) in [5.74, 6) is 0.980. The Bertz CT molecular complexity index is 348. The van der Waals surface area contributed by atoms with Crippen LogP contribution in [-0.4, -0.2) is 15.8 Å². The smallest absolute Gasteiger partial charge is 0.0638 e. The van der Waals surface area contributed by atoms with Crippen LogP contribution in [0.15, 0.2) is 6.20 Å². The second-order valence-corrected chi connectivity index (χ2v) is 5.42. The third kappa shape index (κ3) is 3.32. The normalized spacial score (nSPS) is 25.1. The van der Waals surface area contributed by atoms with E-state index in [1.165, 1.54) is 37.7 Å². The molecule has 0 aromatic carbocycles. The minimum absolute atomic E-state index is 0.720. The number of nitrogens with one attached hydrogen (secondary N) is 1. The third-order valence-electron chi connectivity index (χ3n) is 4.12. The van der Waals surface area contributed by atoms with Gasteiger partial charge in [0.1, 0.15) is 0 Å². The van der Waals surface area contributed by atoms with Crippen molar-refractivity contribution in [3.05, 3.63) is 17.5 Å². The second-order valence-electron chi connectivity index (χ2n) is 5.42. The van der Waals surface area contributed by atoms with Gasteiger partial charge in [0.05, 0.1) is 5.69 Å². The fourth-order valence-corrected chi connectivity index (χ4v) is 2.85. The van der Waals surface area contributed by atoms with E-state index in [2.05, 4.69) is 30.5 Å². The van der Waals surface area contributed by atoms with E-state index in [0.717, 1.165) is 24.2 Å². The highest BCUT2D eigenvalue weighted by Crippen LogP contribution is 2.26. The van der Waals surface area contributed by atoms with Crippen molar-refractivity contribution in [3.63, 3.8) is 0 Å². The molecule has 1 fully saturated rings. The monoisotopic (exact) mass is 235 g/mol. The van der Waals surface area contributed by atoms with Gasteiger partial charge in [-0.25, -0.2) is 0 Å². The first-order valence-corrected chi connectivity index (χ1v) is 6.91. The molecule has 0 atom stereocenters. The molecule has 1 aromatic heterocycles. The first-order valence-electron chi connectivity index (χ1n) is 6.91. The van der Waals surface area contributed by atoms with Gasteiger partial charge in [0, 0.05) is 31.4 Å². The standard InChI is InChI=1S/C14H25N3/c1-4-12-5-7-14(8-6-12)15-9-13-10-17(3)16-11(13)2/h10,12,14-15H,4-9H2,1-3H3.